The summed E-state index contributed by atoms with van der Waals surface area (Å²) in [5, 5.41) is 8.32. The van der Waals surface area contributed by atoms with Crippen molar-refractivity contribution in [1.82, 2.24) is 10.2 Å². The monoisotopic (exact) mass is 336 g/mol. The Morgan fingerprint density at radius 1 is 1.50 bits per heavy atom. The van der Waals surface area contributed by atoms with Crippen molar-refractivity contribution in [1.29, 1.82) is 0 Å². The third kappa shape index (κ3) is 1.26. The van der Waals surface area contributed by atoms with Crippen molar-refractivity contribution in [3.8, 4) is 0 Å². The van der Waals surface area contributed by atoms with E-state index in [1.54, 1.807) is 0 Å². The number of aromatic nitrogens is 2. The summed E-state index contributed by atoms with van der Waals surface area (Å²) in [6.07, 6.45) is 0. The summed E-state index contributed by atoms with van der Waals surface area (Å²) in [5.41, 5.74) is 2.13. The number of hydrogen-bond acceptors (Lipinski definition) is 1. The van der Waals surface area contributed by atoms with Crippen molar-refractivity contribution in [3.05, 3.63) is 25.9 Å². The number of nitrogens with one attached hydrogen (secondary N) is 1. The molecular formula is C8H6BrIN2. The van der Waals surface area contributed by atoms with Crippen LogP contribution >= 0.6 is 38.5 Å². The van der Waals surface area contributed by atoms with E-state index < -0.39 is 0 Å². The number of nitrogens with zero attached hydrogens (tertiary/aromatic N) is 1. The van der Waals surface area contributed by atoms with Gasteiger partial charge in [0.1, 0.15) is 0 Å². The van der Waals surface area contributed by atoms with Crippen LogP contribution in [-0.2, 0) is 0 Å². The van der Waals surface area contributed by atoms with Crippen LogP contribution < -0.4 is 0 Å². The zero-order chi connectivity index (χ0) is 8.72. The second-order valence-corrected chi connectivity index (χ2v) is 4.65. The standard InChI is InChI=1S/C8H6BrIN2/c1-4-5-2-7(10)6(9)3-8(5)12-11-4/h2-3H,1H3,(H,11,12). The van der Waals surface area contributed by atoms with Gasteiger partial charge in [-0.05, 0) is 57.6 Å². The van der Waals surface area contributed by atoms with Gasteiger partial charge >= 0.3 is 0 Å². The summed E-state index contributed by atoms with van der Waals surface area (Å²) >= 11 is 5.76. The van der Waals surface area contributed by atoms with Gasteiger partial charge in [-0.15, -0.1) is 0 Å². The number of aryl methyl sites for hydroxylation is 1. The Morgan fingerprint density at radius 3 is 3.00 bits per heavy atom. The Morgan fingerprint density at radius 2 is 2.25 bits per heavy atom. The van der Waals surface area contributed by atoms with Gasteiger partial charge in [-0.25, -0.2) is 0 Å². The van der Waals surface area contributed by atoms with Crippen LogP contribution in [0.5, 0.6) is 0 Å². The second-order valence-electron chi connectivity index (χ2n) is 2.63. The van der Waals surface area contributed by atoms with Crippen molar-refractivity contribution in [2.24, 2.45) is 0 Å². The molecule has 0 radical (unpaired) electrons. The number of hydrogen-bond donors (Lipinski definition) is 1. The minimum Gasteiger partial charge on any atom is -0.282 e. The summed E-state index contributed by atoms with van der Waals surface area (Å²) in [6, 6.07) is 4.15. The minimum atomic E-state index is 1.01. The number of benzene rings is 1. The molecular weight excluding hydrogens is 331 g/mol. The maximum Gasteiger partial charge on any atom is 0.0935 e. The Labute approximate surface area is 92.0 Å². The number of halogens is 2. The molecule has 0 aliphatic rings. The smallest absolute Gasteiger partial charge is 0.0935 e. The molecule has 2 aromatic rings. The minimum absolute atomic E-state index is 1.01. The van der Waals surface area contributed by atoms with Gasteiger partial charge in [-0.1, -0.05) is 0 Å². The lowest BCUT2D eigenvalue weighted by Gasteiger charge is -1.95. The first-order valence-corrected chi connectivity index (χ1v) is 5.35. The first-order chi connectivity index (χ1) is 5.68. The molecule has 62 valence electrons. The molecule has 0 atom stereocenters. The van der Waals surface area contributed by atoms with Crippen LogP contribution in [0.3, 0.4) is 0 Å². The predicted molar refractivity (Wildman–Crippen MR) is 61.2 cm³/mol. The molecule has 0 aliphatic carbocycles. The molecule has 0 saturated heterocycles. The number of fused-ring (bicyclic) bond motifs is 1. The highest BCUT2D eigenvalue weighted by Crippen LogP contribution is 2.25. The topological polar surface area (TPSA) is 28.7 Å². The van der Waals surface area contributed by atoms with Gasteiger partial charge in [-0.2, -0.15) is 5.10 Å². The van der Waals surface area contributed by atoms with E-state index in [4.69, 9.17) is 0 Å². The van der Waals surface area contributed by atoms with Gasteiger partial charge in [0.25, 0.3) is 0 Å². The van der Waals surface area contributed by atoms with Gasteiger partial charge < -0.3 is 0 Å². The molecule has 1 heterocycles. The molecule has 0 unspecified atom stereocenters. The van der Waals surface area contributed by atoms with Crippen molar-refractivity contribution in [2.45, 2.75) is 6.92 Å². The molecule has 0 aliphatic heterocycles. The van der Waals surface area contributed by atoms with Crippen LogP contribution in [0, 0.1) is 10.5 Å². The first-order valence-electron chi connectivity index (χ1n) is 3.48. The second kappa shape index (κ2) is 2.99. The molecule has 1 aromatic heterocycles. The molecule has 0 saturated carbocycles. The lowest BCUT2D eigenvalue weighted by Crippen LogP contribution is -1.75. The summed E-state index contributed by atoms with van der Waals surface area (Å²) in [4.78, 5) is 0. The lowest BCUT2D eigenvalue weighted by molar-refractivity contribution is 1.07. The van der Waals surface area contributed by atoms with Crippen LogP contribution in [0.15, 0.2) is 16.6 Å². The molecule has 1 aromatic carbocycles. The van der Waals surface area contributed by atoms with Crippen LogP contribution in [0.2, 0.25) is 0 Å². The molecule has 2 rings (SSSR count). The van der Waals surface area contributed by atoms with Gasteiger partial charge in [-0.3, -0.25) is 5.10 Å². The van der Waals surface area contributed by atoms with E-state index in [0.29, 0.717) is 0 Å². The lowest BCUT2D eigenvalue weighted by atomic mass is 10.2. The Bertz CT molecular complexity index is 436. The fourth-order valence-electron chi connectivity index (χ4n) is 1.13. The summed E-state index contributed by atoms with van der Waals surface area (Å²) in [6.45, 7) is 2.03. The molecule has 0 amide bonds. The zero-order valence-corrected chi connectivity index (χ0v) is 10.1. The maximum absolute atomic E-state index is 4.16. The van der Waals surface area contributed by atoms with Gasteiger partial charge in [0.15, 0.2) is 0 Å². The third-order valence-electron chi connectivity index (χ3n) is 1.79. The van der Waals surface area contributed by atoms with E-state index in [-0.39, 0.29) is 0 Å². The van der Waals surface area contributed by atoms with Crippen molar-refractivity contribution < 1.29 is 0 Å². The van der Waals surface area contributed by atoms with E-state index in [2.05, 4.69) is 54.8 Å². The van der Waals surface area contributed by atoms with Crippen molar-refractivity contribution in [3.63, 3.8) is 0 Å². The van der Waals surface area contributed by atoms with E-state index in [9.17, 15) is 0 Å². The van der Waals surface area contributed by atoms with E-state index in [0.717, 1.165) is 15.7 Å². The average molecular weight is 337 g/mol. The number of rotatable bonds is 0. The Hall–Kier alpha value is -0.100. The van der Waals surface area contributed by atoms with Crippen LogP contribution in [0.25, 0.3) is 10.9 Å². The molecule has 1 N–H and O–H groups in total. The highest BCUT2D eigenvalue weighted by Gasteiger charge is 2.04. The third-order valence-corrected chi connectivity index (χ3v) is 4.08. The van der Waals surface area contributed by atoms with Crippen molar-refractivity contribution in [2.75, 3.05) is 0 Å². The molecule has 0 fully saturated rings. The normalized spacial score (nSPS) is 10.9. The Balaban J connectivity index is 2.87. The SMILES string of the molecule is Cc1[nH]nc2cc(Br)c(I)cc12. The van der Waals surface area contributed by atoms with E-state index >= 15 is 0 Å². The summed E-state index contributed by atoms with van der Waals surface area (Å²) in [5.74, 6) is 0. The van der Waals surface area contributed by atoms with Gasteiger partial charge in [0.2, 0.25) is 0 Å². The molecule has 4 heteroatoms. The van der Waals surface area contributed by atoms with Gasteiger partial charge in [0, 0.05) is 19.1 Å². The Kier molecular flexibility index (Phi) is 2.12. The summed E-state index contributed by atoms with van der Waals surface area (Å²) < 4.78 is 2.31. The van der Waals surface area contributed by atoms with Crippen molar-refractivity contribution >= 4 is 49.4 Å². The number of H-pyrrole nitrogens is 1. The quantitative estimate of drug-likeness (QED) is 0.735. The maximum atomic E-state index is 4.16. The molecule has 0 bridgehead atoms. The fourth-order valence-corrected chi connectivity index (χ4v) is 1.93. The van der Waals surface area contributed by atoms with E-state index in [1.165, 1.54) is 8.96 Å². The molecule has 2 nitrogen and oxygen atoms in total. The van der Waals surface area contributed by atoms with Crippen LogP contribution in [0.4, 0.5) is 0 Å². The van der Waals surface area contributed by atoms with Crippen LogP contribution in [-0.4, -0.2) is 10.2 Å². The van der Waals surface area contributed by atoms with E-state index in [1.807, 2.05) is 13.0 Å². The highest BCUT2D eigenvalue weighted by atomic mass is 127. The first kappa shape index (κ1) is 8.50. The largest absolute Gasteiger partial charge is 0.282 e. The summed E-state index contributed by atoms with van der Waals surface area (Å²) in [7, 11) is 0. The fraction of sp³-hybridized carbons (Fsp3) is 0.125. The highest BCUT2D eigenvalue weighted by molar-refractivity contribution is 14.1. The van der Waals surface area contributed by atoms with Crippen LogP contribution in [0.1, 0.15) is 5.69 Å². The predicted octanol–water partition coefficient (Wildman–Crippen LogP) is 3.24. The molecule has 0 spiro atoms. The number of aromatic amines is 1. The average Bonchev–Trinajstić information content (AvgIpc) is 2.35. The zero-order valence-electron chi connectivity index (χ0n) is 6.36. The molecule has 12 heavy (non-hydrogen) atoms. The van der Waals surface area contributed by atoms with Gasteiger partial charge in [0.05, 0.1) is 5.52 Å².